The minimum absolute atomic E-state index is 0.00889. The lowest BCUT2D eigenvalue weighted by molar-refractivity contribution is -0.197. The molecule has 0 radical (unpaired) electrons. The maximum absolute atomic E-state index is 13.0. The van der Waals surface area contributed by atoms with E-state index in [4.69, 9.17) is 5.26 Å². The van der Waals surface area contributed by atoms with E-state index >= 15 is 0 Å². The highest BCUT2D eigenvalue weighted by Gasteiger charge is 2.47. The number of nitriles is 1. The van der Waals surface area contributed by atoms with E-state index in [1.165, 1.54) is 24.3 Å². The summed E-state index contributed by atoms with van der Waals surface area (Å²) in [5, 5.41) is 11.2. The van der Waals surface area contributed by atoms with Gasteiger partial charge in [-0.25, -0.2) is 0 Å². The lowest BCUT2D eigenvalue weighted by atomic mass is 9.78. The second-order valence-corrected chi connectivity index (χ2v) is 5.22. The average molecular weight is 296 g/mol. The Morgan fingerprint density at radius 1 is 1.19 bits per heavy atom. The Kier molecular flexibility index (Phi) is 4.51. The van der Waals surface area contributed by atoms with Gasteiger partial charge in [0.1, 0.15) is 0 Å². The van der Waals surface area contributed by atoms with E-state index in [-0.39, 0.29) is 12.8 Å². The molecule has 3 nitrogen and oxygen atoms in total. The van der Waals surface area contributed by atoms with Crippen molar-refractivity contribution in [2.24, 2.45) is 11.8 Å². The number of benzene rings is 1. The Morgan fingerprint density at radius 3 is 2.38 bits per heavy atom. The van der Waals surface area contributed by atoms with Crippen LogP contribution in [0.3, 0.4) is 0 Å². The van der Waals surface area contributed by atoms with Gasteiger partial charge in [0.25, 0.3) is 0 Å². The molecule has 0 bridgehead atoms. The maximum atomic E-state index is 13.0. The second kappa shape index (κ2) is 6.17. The van der Waals surface area contributed by atoms with E-state index in [2.05, 4.69) is 5.32 Å². The lowest BCUT2D eigenvalue weighted by Crippen LogP contribution is -2.39. The molecule has 0 spiro atoms. The third-order valence-corrected chi connectivity index (χ3v) is 3.80. The molecule has 1 amide bonds. The van der Waals surface area contributed by atoms with Crippen LogP contribution in [0.2, 0.25) is 0 Å². The Labute approximate surface area is 120 Å². The predicted octanol–water partition coefficient (Wildman–Crippen LogP) is 3.87. The van der Waals surface area contributed by atoms with E-state index in [9.17, 15) is 18.0 Å². The summed E-state index contributed by atoms with van der Waals surface area (Å²) >= 11 is 0. The van der Waals surface area contributed by atoms with Crippen molar-refractivity contribution in [2.45, 2.75) is 31.9 Å². The molecule has 1 aromatic carbocycles. The van der Waals surface area contributed by atoms with Crippen LogP contribution in [0.5, 0.6) is 0 Å². The fraction of sp³-hybridized carbons (Fsp3) is 0.467. The Bertz CT molecular complexity index is 546. The predicted molar refractivity (Wildman–Crippen MR) is 71.3 cm³/mol. The summed E-state index contributed by atoms with van der Waals surface area (Å²) in [6.45, 7) is 0. The van der Waals surface area contributed by atoms with Crippen LogP contribution in [-0.2, 0) is 4.79 Å². The molecule has 6 heteroatoms. The summed E-state index contributed by atoms with van der Waals surface area (Å²) in [5.41, 5.74) is 0.837. The normalized spacial score (nSPS) is 22.4. The largest absolute Gasteiger partial charge is 0.392 e. The number of anilines is 1. The molecule has 2 atom stereocenters. The summed E-state index contributed by atoms with van der Waals surface area (Å²) < 4.78 is 38.9. The Hall–Kier alpha value is -2.03. The highest BCUT2D eigenvalue weighted by Crippen LogP contribution is 2.41. The molecule has 21 heavy (non-hydrogen) atoms. The highest BCUT2D eigenvalue weighted by atomic mass is 19.4. The number of nitrogens with one attached hydrogen (secondary N) is 1. The number of hydrogen-bond acceptors (Lipinski definition) is 2. The number of amides is 1. The van der Waals surface area contributed by atoms with Gasteiger partial charge in [-0.2, -0.15) is 18.4 Å². The van der Waals surface area contributed by atoms with Gasteiger partial charge in [-0.15, -0.1) is 0 Å². The van der Waals surface area contributed by atoms with E-state index < -0.39 is 23.9 Å². The molecule has 112 valence electrons. The third kappa shape index (κ3) is 3.75. The molecular weight excluding hydrogens is 281 g/mol. The van der Waals surface area contributed by atoms with Crippen LogP contribution in [0.4, 0.5) is 18.9 Å². The van der Waals surface area contributed by atoms with Crippen LogP contribution < -0.4 is 5.32 Å². The van der Waals surface area contributed by atoms with Crippen LogP contribution in [0, 0.1) is 23.2 Å². The zero-order valence-corrected chi connectivity index (χ0v) is 11.3. The van der Waals surface area contributed by atoms with E-state index in [0.717, 1.165) is 0 Å². The molecule has 1 fully saturated rings. The molecule has 2 unspecified atom stereocenters. The van der Waals surface area contributed by atoms with Gasteiger partial charge < -0.3 is 5.32 Å². The van der Waals surface area contributed by atoms with Gasteiger partial charge in [-0.05, 0) is 37.1 Å². The Balaban J connectivity index is 2.08. The highest BCUT2D eigenvalue weighted by molar-refractivity contribution is 5.92. The number of halogens is 3. The summed E-state index contributed by atoms with van der Waals surface area (Å²) in [7, 11) is 0. The topological polar surface area (TPSA) is 52.9 Å². The van der Waals surface area contributed by atoms with E-state index in [0.29, 0.717) is 24.1 Å². The first-order chi connectivity index (χ1) is 9.91. The number of alkyl halides is 3. The van der Waals surface area contributed by atoms with Crippen LogP contribution in [0.25, 0.3) is 0 Å². The van der Waals surface area contributed by atoms with Crippen LogP contribution in [-0.4, -0.2) is 12.1 Å². The molecule has 0 heterocycles. The Morgan fingerprint density at radius 2 is 1.81 bits per heavy atom. The lowest BCUT2D eigenvalue weighted by Gasteiger charge is -2.31. The van der Waals surface area contributed by atoms with Crippen LogP contribution in [0.15, 0.2) is 24.3 Å². The zero-order chi connectivity index (χ0) is 15.5. The van der Waals surface area contributed by atoms with Crippen molar-refractivity contribution in [1.82, 2.24) is 0 Å². The van der Waals surface area contributed by atoms with Gasteiger partial charge in [0.2, 0.25) is 5.91 Å². The summed E-state index contributed by atoms with van der Waals surface area (Å²) in [5.74, 6) is -3.19. The first-order valence-corrected chi connectivity index (χ1v) is 6.79. The monoisotopic (exact) mass is 296 g/mol. The molecule has 2 rings (SSSR count). The number of nitrogens with zero attached hydrogens (tertiary/aromatic N) is 1. The number of hydrogen-bond donors (Lipinski definition) is 1. The third-order valence-electron chi connectivity index (χ3n) is 3.80. The SMILES string of the molecule is N#Cc1ccc(NC(=O)C2CCCCC2C(F)(F)F)cc1. The maximum Gasteiger partial charge on any atom is 0.392 e. The molecule has 1 saturated carbocycles. The van der Waals surface area contributed by atoms with Gasteiger partial charge in [-0.1, -0.05) is 12.8 Å². The first kappa shape index (κ1) is 15.4. The zero-order valence-electron chi connectivity index (χ0n) is 11.3. The van der Waals surface area contributed by atoms with Crippen molar-refractivity contribution in [1.29, 1.82) is 5.26 Å². The molecule has 1 N–H and O–H groups in total. The number of carbonyl (C=O) groups excluding carboxylic acids is 1. The number of carbonyl (C=O) groups is 1. The fourth-order valence-electron chi connectivity index (χ4n) is 2.70. The molecule has 1 aliphatic rings. The first-order valence-electron chi connectivity index (χ1n) is 6.79. The standard InChI is InChI=1S/C15H15F3N2O/c16-15(17,18)13-4-2-1-3-12(13)14(21)20-11-7-5-10(9-19)6-8-11/h5-8,12-13H,1-4H2,(H,20,21). The van der Waals surface area contributed by atoms with Crippen LogP contribution >= 0.6 is 0 Å². The van der Waals surface area contributed by atoms with Crippen molar-refractivity contribution in [3.63, 3.8) is 0 Å². The number of rotatable bonds is 2. The van der Waals surface area contributed by atoms with Gasteiger partial charge in [0.05, 0.1) is 17.6 Å². The van der Waals surface area contributed by atoms with E-state index in [1.54, 1.807) is 0 Å². The molecule has 0 saturated heterocycles. The molecule has 1 aliphatic carbocycles. The van der Waals surface area contributed by atoms with Crippen molar-refractivity contribution < 1.29 is 18.0 Å². The quantitative estimate of drug-likeness (QED) is 0.900. The van der Waals surface area contributed by atoms with E-state index in [1.807, 2.05) is 6.07 Å². The molecule has 1 aromatic rings. The molecule has 0 aliphatic heterocycles. The van der Waals surface area contributed by atoms with Gasteiger partial charge >= 0.3 is 6.18 Å². The fourth-order valence-corrected chi connectivity index (χ4v) is 2.70. The van der Waals surface area contributed by atoms with Gasteiger partial charge in [0.15, 0.2) is 0 Å². The molecule has 0 aromatic heterocycles. The molecular formula is C15H15F3N2O. The van der Waals surface area contributed by atoms with Crippen molar-refractivity contribution in [2.75, 3.05) is 5.32 Å². The summed E-state index contributed by atoms with van der Waals surface area (Å²) in [6, 6.07) is 7.99. The van der Waals surface area contributed by atoms with Crippen molar-refractivity contribution in [3.8, 4) is 6.07 Å². The summed E-state index contributed by atoms with van der Waals surface area (Å²) in [6.07, 6.45) is -2.93. The van der Waals surface area contributed by atoms with Crippen molar-refractivity contribution >= 4 is 11.6 Å². The minimum Gasteiger partial charge on any atom is -0.326 e. The smallest absolute Gasteiger partial charge is 0.326 e. The van der Waals surface area contributed by atoms with Crippen LogP contribution in [0.1, 0.15) is 31.2 Å². The van der Waals surface area contributed by atoms with Gasteiger partial charge in [-0.3, -0.25) is 4.79 Å². The van der Waals surface area contributed by atoms with Crippen molar-refractivity contribution in [3.05, 3.63) is 29.8 Å². The minimum atomic E-state index is -4.34. The average Bonchev–Trinajstić information content (AvgIpc) is 2.47. The van der Waals surface area contributed by atoms with Gasteiger partial charge in [0, 0.05) is 11.6 Å². The summed E-state index contributed by atoms with van der Waals surface area (Å²) in [4.78, 5) is 12.1. The second-order valence-electron chi connectivity index (χ2n) is 5.22.